The summed E-state index contributed by atoms with van der Waals surface area (Å²) >= 11 is 0. The summed E-state index contributed by atoms with van der Waals surface area (Å²) in [7, 11) is 2.08. The molecule has 0 saturated carbocycles. The summed E-state index contributed by atoms with van der Waals surface area (Å²) in [5.41, 5.74) is -0.712. The minimum absolute atomic E-state index is 0.171. The van der Waals surface area contributed by atoms with E-state index in [4.69, 9.17) is 0 Å². The fourth-order valence-electron chi connectivity index (χ4n) is 2.59. The van der Waals surface area contributed by atoms with Gasteiger partial charge in [0, 0.05) is 6.54 Å². The van der Waals surface area contributed by atoms with E-state index in [9.17, 15) is 14.7 Å². The molecular formula is C13H21N3O3. The van der Waals surface area contributed by atoms with E-state index >= 15 is 0 Å². The SMILES string of the molecule is CCc1c(O)n(CC2CCN(C)CC2)c(=O)[nH]c1=O. The van der Waals surface area contributed by atoms with Gasteiger partial charge in [-0.25, -0.2) is 4.79 Å². The van der Waals surface area contributed by atoms with Gasteiger partial charge < -0.3 is 10.0 Å². The maximum atomic E-state index is 11.8. The Balaban J connectivity index is 2.25. The molecule has 1 aromatic rings. The van der Waals surface area contributed by atoms with Gasteiger partial charge in [0.05, 0.1) is 5.56 Å². The Bertz CT molecular complexity index is 553. The molecule has 106 valence electrons. The van der Waals surface area contributed by atoms with Crippen molar-refractivity contribution < 1.29 is 5.11 Å². The predicted molar refractivity (Wildman–Crippen MR) is 72.6 cm³/mol. The van der Waals surface area contributed by atoms with Crippen molar-refractivity contribution in [3.8, 4) is 5.88 Å². The van der Waals surface area contributed by atoms with Crippen molar-refractivity contribution in [2.75, 3.05) is 20.1 Å². The fraction of sp³-hybridized carbons (Fsp3) is 0.692. The lowest BCUT2D eigenvalue weighted by Crippen LogP contribution is -2.37. The average Bonchev–Trinajstić information content (AvgIpc) is 2.37. The molecule has 0 aliphatic carbocycles. The van der Waals surface area contributed by atoms with Crippen LogP contribution in [0.25, 0.3) is 0 Å². The first-order valence-corrected chi connectivity index (χ1v) is 6.76. The van der Waals surface area contributed by atoms with Gasteiger partial charge in [-0.05, 0) is 45.3 Å². The van der Waals surface area contributed by atoms with Gasteiger partial charge in [0.15, 0.2) is 0 Å². The van der Waals surface area contributed by atoms with E-state index in [-0.39, 0.29) is 11.4 Å². The molecular weight excluding hydrogens is 246 g/mol. The van der Waals surface area contributed by atoms with Crippen LogP contribution in [-0.4, -0.2) is 39.7 Å². The van der Waals surface area contributed by atoms with Gasteiger partial charge in [-0.1, -0.05) is 6.92 Å². The Labute approximate surface area is 111 Å². The predicted octanol–water partition coefficient (Wildman–Crippen LogP) is 0.146. The van der Waals surface area contributed by atoms with Gasteiger partial charge in [0.1, 0.15) is 0 Å². The van der Waals surface area contributed by atoms with Crippen LogP contribution in [0.2, 0.25) is 0 Å². The zero-order chi connectivity index (χ0) is 14.0. The topological polar surface area (TPSA) is 78.3 Å². The molecule has 0 aromatic carbocycles. The van der Waals surface area contributed by atoms with Crippen LogP contribution < -0.4 is 11.2 Å². The van der Waals surface area contributed by atoms with Crippen molar-refractivity contribution in [3.05, 3.63) is 26.4 Å². The molecule has 1 fully saturated rings. The highest BCUT2D eigenvalue weighted by molar-refractivity contribution is 5.22. The minimum Gasteiger partial charge on any atom is -0.494 e. The van der Waals surface area contributed by atoms with Crippen LogP contribution in [0.1, 0.15) is 25.3 Å². The van der Waals surface area contributed by atoms with Gasteiger partial charge in [-0.15, -0.1) is 0 Å². The quantitative estimate of drug-likeness (QED) is 0.817. The summed E-state index contributed by atoms with van der Waals surface area (Å²) in [6.07, 6.45) is 2.42. The number of aromatic nitrogens is 2. The van der Waals surface area contributed by atoms with Crippen LogP contribution in [-0.2, 0) is 13.0 Å². The van der Waals surface area contributed by atoms with E-state index in [2.05, 4.69) is 16.9 Å². The Morgan fingerprint density at radius 1 is 1.32 bits per heavy atom. The summed E-state index contributed by atoms with van der Waals surface area (Å²) in [6.45, 7) is 4.27. The molecule has 1 saturated heterocycles. The summed E-state index contributed by atoms with van der Waals surface area (Å²) in [4.78, 5) is 27.9. The fourth-order valence-corrected chi connectivity index (χ4v) is 2.59. The number of aromatic hydroxyl groups is 1. The van der Waals surface area contributed by atoms with Gasteiger partial charge in [0.25, 0.3) is 5.56 Å². The zero-order valence-corrected chi connectivity index (χ0v) is 11.5. The van der Waals surface area contributed by atoms with Crippen molar-refractivity contribution >= 4 is 0 Å². The molecule has 0 amide bonds. The first-order chi connectivity index (χ1) is 9.02. The Hall–Kier alpha value is -1.56. The molecule has 2 rings (SSSR count). The number of nitrogens with zero attached hydrogens (tertiary/aromatic N) is 2. The zero-order valence-electron chi connectivity index (χ0n) is 11.5. The van der Waals surface area contributed by atoms with Crippen LogP contribution in [0, 0.1) is 5.92 Å². The number of piperidine rings is 1. The smallest absolute Gasteiger partial charge is 0.331 e. The average molecular weight is 267 g/mol. The highest BCUT2D eigenvalue weighted by Gasteiger charge is 2.20. The Kier molecular flexibility index (Phi) is 4.09. The second-order valence-electron chi connectivity index (χ2n) is 5.27. The third kappa shape index (κ3) is 2.89. The molecule has 1 aliphatic rings. The molecule has 0 unspecified atom stereocenters. The first kappa shape index (κ1) is 13.9. The van der Waals surface area contributed by atoms with Crippen molar-refractivity contribution in [2.45, 2.75) is 32.7 Å². The van der Waals surface area contributed by atoms with Gasteiger partial charge in [-0.3, -0.25) is 14.3 Å². The van der Waals surface area contributed by atoms with Crippen LogP contribution in [0.3, 0.4) is 0 Å². The molecule has 2 heterocycles. The van der Waals surface area contributed by atoms with Gasteiger partial charge in [0.2, 0.25) is 5.88 Å². The lowest BCUT2D eigenvalue weighted by Gasteiger charge is -2.29. The van der Waals surface area contributed by atoms with Crippen molar-refractivity contribution in [1.82, 2.24) is 14.5 Å². The maximum Gasteiger partial charge on any atom is 0.331 e. The van der Waals surface area contributed by atoms with E-state index in [0.717, 1.165) is 25.9 Å². The molecule has 2 N–H and O–H groups in total. The normalized spacial score (nSPS) is 17.8. The molecule has 6 nitrogen and oxygen atoms in total. The first-order valence-electron chi connectivity index (χ1n) is 6.76. The molecule has 6 heteroatoms. The van der Waals surface area contributed by atoms with Crippen LogP contribution in [0.4, 0.5) is 0 Å². The standard InChI is InChI=1S/C13H21N3O3/c1-3-10-11(17)14-13(19)16(12(10)18)8-9-4-6-15(2)7-5-9/h9,18H,3-8H2,1-2H3,(H,14,17,19). The highest BCUT2D eigenvalue weighted by atomic mass is 16.3. The van der Waals surface area contributed by atoms with Crippen molar-refractivity contribution in [1.29, 1.82) is 0 Å². The summed E-state index contributed by atoms with van der Waals surface area (Å²) < 4.78 is 1.30. The summed E-state index contributed by atoms with van der Waals surface area (Å²) in [5, 5.41) is 10.1. The number of nitrogens with one attached hydrogen (secondary N) is 1. The molecule has 19 heavy (non-hydrogen) atoms. The van der Waals surface area contributed by atoms with E-state index < -0.39 is 11.2 Å². The van der Waals surface area contributed by atoms with E-state index in [1.165, 1.54) is 4.57 Å². The van der Waals surface area contributed by atoms with Crippen LogP contribution in [0.15, 0.2) is 9.59 Å². The van der Waals surface area contributed by atoms with Gasteiger partial charge in [-0.2, -0.15) is 0 Å². The van der Waals surface area contributed by atoms with Crippen molar-refractivity contribution in [2.24, 2.45) is 5.92 Å². The third-order valence-electron chi connectivity index (χ3n) is 3.90. The van der Waals surface area contributed by atoms with E-state index in [0.29, 0.717) is 18.9 Å². The largest absolute Gasteiger partial charge is 0.494 e. The number of hydrogen-bond acceptors (Lipinski definition) is 4. The van der Waals surface area contributed by atoms with Crippen LogP contribution in [0.5, 0.6) is 5.88 Å². The molecule has 1 aliphatic heterocycles. The molecule has 1 aromatic heterocycles. The second kappa shape index (κ2) is 5.61. The highest BCUT2D eigenvalue weighted by Crippen LogP contribution is 2.20. The number of hydrogen-bond donors (Lipinski definition) is 2. The lowest BCUT2D eigenvalue weighted by atomic mass is 9.97. The minimum atomic E-state index is -0.515. The molecule has 0 bridgehead atoms. The lowest BCUT2D eigenvalue weighted by molar-refractivity contribution is 0.199. The van der Waals surface area contributed by atoms with Crippen LogP contribution >= 0.6 is 0 Å². The van der Waals surface area contributed by atoms with E-state index in [1.54, 1.807) is 6.92 Å². The van der Waals surface area contributed by atoms with E-state index in [1.807, 2.05) is 0 Å². The third-order valence-corrected chi connectivity index (χ3v) is 3.90. The number of rotatable bonds is 3. The second-order valence-corrected chi connectivity index (χ2v) is 5.27. The summed E-state index contributed by atoms with van der Waals surface area (Å²) in [6, 6.07) is 0. The Morgan fingerprint density at radius 3 is 2.53 bits per heavy atom. The number of aromatic amines is 1. The van der Waals surface area contributed by atoms with Crippen molar-refractivity contribution in [3.63, 3.8) is 0 Å². The molecule has 0 spiro atoms. The Morgan fingerprint density at radius 2 is 1.95 bits per heavy atom. The molecule has 0 atom stereocenters. The molecule has 0 radical (unpaired) electrons. The number of likely N-dealkylation sites (tertiary alicyclic amines) is 1. The summed E-state index contributed by atoms with van der Waals surface area (Å²) in [5.74, 6) is 0.200. The maximum absolute atomic E-state index is 11.8. The van der Waals surface area contributed by atoms with Gasteiger partial charge >= 0.3 is 5.69 Å². The monoisotopic (exact) mass is 267 g/mol. The number of H-pyrrole nitrogens is 1.